The summed E-state index contributed by atoms with van der Waals surface area (Å²) in [6.45, 7) is 0. The summed E-state index contributed by atoms with van der Waals surface area (Å²) in [4.78, 5) is 0. The van der Waals surface area contributed by atoms with Crippen LogP contribution in [0.3, 0.4) is 0 Å². The second kappa shape index (κ2) is 18.8. The molecule has 0 bridgehead atoms. The van der Waals surface area contributed by atoms with Crippen molar-refractivity contribution in [3.05, 3.63) is 0 Å². The first-order chi connectivity index (χ1) is 3.46. The molecule has 0 aromatic heterocycles. The van der Waals surface area contributed by atoms with Crippen molar-refractivity contribution in [2.45, 2.75) is 0 Å². The first-order valence-corrected chi connectivity index (χ1v) is 6.63. The van der Waals surface area contributed by atoms with Gasteiger partial charge in [0.2, 0.25) is 0 Å². The van der Waals surface area contributed by atoms with Crippen LogP contribution in [0.2, 0.25) is 0 Å². The molecule has 0 saturated heterocycles. The fraction of sp³-hybridized carbons (Fsp3) is 0. The van der Waals surface area contributed by atoms with Crippen molar-refractivity contribution in [2.75, 3.05) is 0 Å². The average Bonchev–Trinajstić information content (AvgIpc) is 1.25. The van der Waals surface area contributed by atoms with Crippen molar-refractivity contribution in [2.24, 2.45) is 0 Å². The van der Waals surface area contributed by atoms with Crippen LogP contribution in [-0.2, 0) is 25.0 Å². The van der Waals surface area contributed by atoms with E-state index in [4.69, 9.17) is 20.7 Å². The molecule has 0 rings (SSSR count). The zero-order valence-corrected chi connectivity index (χ0v) is 18.2. The molecular formula is Ba2O6SnTi. The van der Waals surface area contributed by atoms with Gasteiger partial charge in [-0.1, -0.05) is 0 Å². The molecule has 48 valence electrons. The van der Waals surface area contributed by atoms with Crippen LogP contribution < -0.4 is 14.3 Å². The molecule has 0 N–H and O–H groups in total. The molecule has 0 aliphatic heterocycles. The van der Waals surface area contributed by atoms with Crippen LogP contribution in [0.5, 0.6) is 0 Å². The maximum absolute atomic E-state index is 8.61. The normalized spacial score (nSPS) is 5.20. The average molecular weight is 537 g/mol. The number of hydrogen-bond donors (Lipinski definition) is 0. The summed E-state index contributed by atoms with van der Waals surface area (Å²) in [6.07, 6.45) is 0. The predicted octanol–water partition coefficient (Wildman–Crippen LogP) is -6.14. The Morgan fingerprint density at radius 1 is 1.10 bits per heavy atom. The van der Waals surface area contributed by atoms with Crippen molar-refractivity contribution in [3.63, 3.8) is 0 Å². The van der Waals surface area contributed by atoms with Crippen LogP contribution in [0.25, 0.3) is 0 Å². The molecule has 0 spiro atoms. The van der Waals surface area contributed by atoms with Crippen LogP contribution in [0.4, 0.5) is 0 Å². The SMILES string of the molecule is [Ba+2].[Ba+2].[O]=[Sn]([O-])[O-].[O]=[Ti]([O-])[O-]. The van der Waals surface area contributed by atoms with Gasteiger partial charge in [0.05, 0.1) is 0 Å². The fourth-order valence-corrected chi connectivity index (χ4v) is 0. The second-order valence-electron chi connectivity index (χ2n) is 0.500. The van der Waals surface area contributed by atoms with E-state index in [1.807, 2.05) is 0 Å². The summed E-state index contributed by atoms with van der Waals surface area (Å²) < 4.78 is 51.6. The first kappa shape index (κ1) is 23.7. The Balaban J connectivity index is -0.0000000300. The van der Waals surface area contributed by atoms with Gasteiger partial charge in [0.25, 0.3) is 0 Å². The van der Waals surface area contributed by atoms with E-state index in [1.54, 1.807) is 0 Å². The second-order valence-corrected chi connectivity index (χ2v) is 2.71. The van der Waals surface area contributed by atoms with Crippen LogP contribution in [0.15, 0.2) is 0 Å². The molecule has 0 radical (unpaired) electrons. The molecule has 10 heavy (non-hydrogen) atoms. The van der Waals surface area contributed by atoms with Gasteiger partial charge in [-0.15, -0.1) is 0 Å². The molecule has 0 saturated carbocycles. The molecule has 0 amide bonds. The number of rotatable bonds is 0. The van der Waals surface area contributed by atoms with Crippen LogP contribution in [0.1, 0.15) is 0 Å². The number of hydrogen-bond acceptors (Lipinski definition) is 6. The summed E-state index contributed by atoms with van der Waals surface area (Å²) in [6, 6.07) is 0. The van der Waals surface area contributed by atoms with Gasteiger partial charge in [0.1, 0.15) is 0 Å². The van der Waals surface area contributed by atoms with Gasteiger partial charge < -0.3 is 0 Å². The molecule has 0 heterocycles. The van der Waals surface area contributed by atoms with Crippen molar-refractivity contribution in [1.82, 2.24) is 0 Å². The predicted molar refractivity (Wildman–Crippen MR) is 18.6 cm³/mol. The van der Waals surface area contributed by atoms with Crippen molar-refractivity contribution < 1.29 is 39.3 Å². The van der Waals surface area contributed by atoms with E-state index < -0.39 is 39.2 Å². The summed E-state index contributed by atoms with van der Waals surface area (Å²) in [5, 5.41) is 0. The van der Waals surface area contributed by atoms with Crippen molar-refractivity contribution in [3.8, 4) is 0 Å². The topological polar surface area (TPSA) is 126 Å². The molecule has 0 aromatic rings. The van der Waals surface area contributed by atoms with Gasteiger partial charge >= 0.3 is 158 Å². The van der Waals surface area contributed by atoms with Gasteiger partial charge in [-0.25, -0.2) is 0 Å². The monoisotopic (exact) mass is 540 g/mol. The third-order valence-corrected chi connectivity index (χ3v) is 0. The minimum absolute atomic E-state index is 0. The summed E-state index contributed by atoms with van der Waals surface area (Å²) in [5.74, 6) is 0. The summed E-state index contributed by atoms with van der Waals surface area (Å²) >= 11 is -8.38. The standard InChI is InChI=1S/2Ba.6O.Sn.Ti/q2*+2;;;4*-1;;. The minimum atomic E-state index is -4.29. The molecule has 0 aromatic carbocycles. The molecule has 10 heteroatoms. The molecule has 6 nitrogen and oxygen atoms in total. The molecule has 0 atom stereocenters. The van der Waals surface area contributed by atoms with Gasteiger partial charge in [0, 0.05) is 0 Å². The quantitative estimate of drug-likeness (QED) is 0.284. The molecular weight excluding hydrogens is 537 g/mol. The van der Waals surface area contributed by atoms with E-state index in [9.17, 15) is 0 Å². The van der Waals surface area contributed by atoms with E-state index in [1.165, 1.54) is 0 Å². The van der Waals surface area contributed by atoms with Crippen molar-refractivity contribution in [1.29, 1.82) is 0 Å². The van der Waals surface area contributed by atoms with E-state index >= 15 is 0 Å². The van der Waals surface area contributed by atoms with Crippen LogP contribution in [-0.4, -0.2) is 118 Å². The van der Waals surface area contributed by atoms with E-state index in [0.717, 1.165) is 0 Å². The van der Waals surface area contributed by atoms with E-state index in [-0.39, 0.29) is 97.8 Å². The first-order valence-electron chi connectivity index (χ1n) is 1.22. The van der Waals surface area contributed by atoms with Crippen molar-refractivity contribution >= 4 is 118 Å². The Morgan fingerprint density at radius 3 is 1.10 bits per heavy atom. The van der Waals surface area contributed by atoms with Gasteiger partial charge in [-0.2, -0.15) is 0 Å². The molecule has 0 aliphatic carbocycles. The Bertz CT molecular complexity index is 73.7. The summed E-state index contributed by atoms with van der Waals surface area (Å²) in [5.41, 5.74) is 0. The Kier molecular flexibility index (Phi) is 44.6. The van der Waals surface area contributed by atoms with Gasteiger partial charge in [0.15, 0.2) is 0 Å². The van der Waals surface area contributed by atoms with Crippen LogP contribution >= 0.6 is 0 Å². The maximum atomic E-state index is 8.61. The zero-order valence-electron chi connectivity index (χ0n) is 4.86. The Morgan fingerprint density at radius 2 is 1.10 bits per heavy atom. The molecule has 0 fully saturated rings. The fourth-order valence-electron chi connectivity index (χ4n) is 0. The Hall–Kier alpha value is 4.10. The van der Waals surface area contributed by atoms with Gasteiger partial charge in [-0.3, -0.25) is 0 Å². The molecule has 0 unspecified atom stereocenters. The van der Waals surface area contributed by atoms with Crippen LogP contribution in [0, 0.1) is 0 Å². The van der Waals surface area contributed by atoms with E-state index in [0.29, 0.717) is 0 Å². The van der Waals surface area contributed by atoms with Gasteiger partial charge in [-0.05, 0) is 0 Å². The third-order valence-electron chi connectivity index (χ3n) is 0. The molecule has 0 aliphatic rings. The zero-order chi connectivity index (χ0) is 7.15. The van der Waals surface area contributed by atoms with E-state index in [2.05, 4.69) is 0 Å². The summed E-state index contributed by atoms with van der Waals surface area (Å²) in [7, 11) is 0. The Labute approximate surface area is 153 Å². The third kappa shape index (κ3) is 88.8.